The molecule has 0 N–H and O–H groups in total. The van der Waals surface area contributed by atoms with E-state index in [0.29, 0.717) is 18.7 Å². The average Bonchev–Trinajstić information content (AvgIpc) is 2.93. The molecule has 2 atom stereocenters. The van der Waals surface area contributed by atoms with Crippen molar-refractivity contribution < 1.29 is 16.7 Å². The van der Waals surface area contributed by atoms with E-state index in [0.717, 1.165) is 5.56 Å². The number of likely N-dealkylation sites (tertiary alicyclic amines) is 1. The van der Waals surface area contributed by atoms with Crippen molar-refractivity contribution in [2.75, 3.05) is 13.1 Å². The van der Waals surface area contributed by atoms with Crippen LogP contribution in [-0.2, 0) is 16.8 Å². The number of halogens is 2. The summed E-state index contributed by atoms with van der Waals surface area (Å²) in [4.78, 5) is 1.92. The molecule has 0 spiro atoms. The predicted octanol–water partition coefficient (Wildman–Crippen LogP) is 3.09. The summed E-state index contributed by atoms with van der Waals surface area (Å²) >= 11 is 0. The summed E-state index contributed by atoms with van der Waals surface area (Å²) in [6.45, 7) is 1.12. The number of hydrogen-bond acceptors (Lipinski definition) is 3. The number of hydrogen-bond donors (Lipinski definition) is 0. The van der Waals surface area contributed by atoms with Gasteiger partial charge in [-0.05, 0) is 23.3 Å². The van der Waals surface area contributed by atoms with Crippen LogP contribution in [0.2, 0.25) is 0 Å². The van der Waals surface area contributed by atoms with E-state index in [9.17, 15) is 16.7 Å². The third-order valence-electron chi connectivity index (χ3n) is 4.25. The molecular weight excluding hydrogens is 320 g/mol. The standard InChI is InChI=1S/C17H17F2NO2S/c18-15-8-6-14(7-9-15)16-11-20(12-17(16)23(19,21)22)10-13-4-2-1-3-5-13/h1-9,16-17H,10-12H2/t16-,17+/m1/s1. The zero-order valence-electron chi connectivity index (χ0n) is 12.4. The van der Waals surface area contributed by atoms with Gasteiger partial charge in [-0.25, -0.2) is 4.39 Å². The van der Waals surface area contributed by atoms with Crippen LogP contribution in [0.1, 0.15) is 17.0 Å². The molecule has 0 unspecified atom stereocenters. The van der Waals surface area contributed by atoms with Crippen molar-refractivity contribution in [3.8, 4) is 0 Å². The molecule has 0 amide bonds. The van der Waals surface area contributed by atoms with E-state index in [1.165, 1.54) is 24.3 Å². The third-order valence-corrected chi connectivity index (χ3v) is 5.45. The normalized spacial score (nSPS) is 22.3. The summed E-state index contributed by atoms with van der Waals surface area (Å²) in [7, 11) is -4.67. The van der Waals surface area contributed by atoms with Gasteiger partial charge in [0, 0.05) is 25.6 Å². The molecule has 6 heteroatoms. The van der Waals surface area contributed by atoms with Crippen LogP contribution >= 0.6 is 0 Å². The molecule has 0 saturated carbocycles. The van der Waals surface area contributed by atoms with E-state index in [-0.39, 0.29) is 6.54 Å². The first-order chi connectivity index (χ1) is 10.9. The summed E-state index contributed by atoms with van der Waals surface area (Å²) in [5.74, 6) is -0.887. The molecule has 1 aliphatic rings. The third kappa shape index (κ3) is 3.76. The molecule has 0 radical (unpaired) electrons. The Kier molecular flexibility index (Phi) is 4.46. The highest BCUT2D eigenvalue weighted by Crippen LogP contribution is 2.33. The second kappa shape index (κ2) is 6.37. The van der Waals surface area contributed by atoms with Crippen LogP contribution < -0.4 is 0 Å². The zero-order valence-corrected chi connectivity index (χ0v) is 13.2. The van der Waals surface area contributed by atoms with Crippen molar-refractivity contribution in [2.24, 2.45) is 0 Å². The second-order valence-electron chi connectivity index (χ2n) is 5.85. The van der Waals surface area contributed by atoms with Crippen molar-refractivity contribution in [3.05, 3.63) is 71.5 Å². The molecule has 2 aromatic rings. The topological polar surface area (TPSA) is 37.4 Å². The molecule has 3 nitrogen and oxygen atoms in total. The van der Waals surface area contributed by atoms with Crippen LogP contribution in [0.3, 0.4) is 0 Å². The molecule has 1 aliphatic heterocycles. The van der Waals surface area contributed by atoms with E-state index in [4.69, 9.17) is 0 Å². The summed E-state index contributed by atoms with van der Waals surface area (Å²) in [6, 6.07) is 15.2. The molecule has 1 fully saturated rings. The van der Waals surface area contributed by atoms with Gasteiger partial charge in [-0.1, -0.05) is 42.5 Å². The maximum Gasteiger partial charge on any atom is 0.307 e. The van der Waals surface area contributed by atoms with Gasteiger partial charge in [0.25, 0.3) is 0 Å². The van der Waals surface area contributed by atoms with Gasteiger partial charge in [0.1, 0.15) is 11.1 Å². The second-order valence-corrected chi connectivity index (χ2v) is 7.41. The zero-order chi connectivity index (χ0) is 16.4. The van der Waals surface area contributed by atoms with Gasteiger partial charge < -0.3 is 0 Å². The molecule has 2 aromatic carbocycles. The summed E-state index contributed by atoms with van der Waals surface area (Å²) in [5.41, 5.74) is 1.69. The maximum absolute atomic E-state index is 13.7. The Morgan fingerprint density at radius 3 is 2.26 bits per heavy atom. The fourth-order valence-electron chi connectivity index (χ4n) is 3.14. The number of benzene rings is 2. The van der Waals surface area contributed by atoms with Crippen LogP contribution in [0, 0.1) is 5.82 Å². The van der Waals surface area contributed by atoms with Gasteiger partial charge >= 0.3 is 10.2 Å². The first kappa shape index (κ1) is 16.1. The van der Waals surface area contributed by atoms with Crippen molar-refractivity contribution in [2.45, 2.75) is 17.7 Å². The lowest BCUT2D eigenvalue weighted by Gasteiger charge is -2.16. The van der Waals surface area contributed by atoms with Gasteiger partial charge in [0.05, 0.1) is 0 Å². The molecule has 0 bridgehead atoms. The van der Waals surface area contributed by atoms with Crippen LogP contribution in [0.15, 0.2) is 54.6 Å². The van der Waals surface area contributed by atoms with Crippen molar-refractivity contribution in [1.29, 1.82) is 0 Å². The summed E-state index contributed by atoms with van der Waals surface area (Å²) in [5, 5.41) is -1.11. The van der Waals surface area contributed by atoms with E-state index in [1.807, 2.05) is 35.2 Å². The average molecular weight is 337 g/mol. The molecular formula is C17H17F2NO2S. The molecule has 1 saturated heterocycles. The Balaban J connectivity index is 1.84. The minimum Gasteiger partial charge on any atom is -0.297 e. The molecule has 3 rings (SSSR count). The molecule has 0 aromatic heterocycles. The number of rotatable bonds is 4. The smallest absolute Gasteiger partial charge is 0.297 e. The molecule has 1 heterocycles. The highest BCUT2D eigenvalue weighted by molar-refractivity contribution is 7.87. The van der Waals surface area contributed by atoms with Gasteiger partial charge in [0.2, 0.25) is 0 Å². The van der Waals surface area contributed by atoms with Gasteiger partial charge in [-0.2, -0.15) is 8.42 Å². The van der Waals surface area contributed by atoms with Gasteiger partial charge in [0.15, 0.2) is 0 Å². The van der Waals surface area contributed by atoms with Crippen molar-refractivity contribution in [3.63, 3.8) is 0 Å². The Labute approximate surface area is 134 Å². The van der Waals surface area contributed by atoms with Gasteiger partial charge in [-0.3, -0.25) is 4.90 Å². The highest BCUT2D eigenvalue weighted by atomic mass is 32.3. The summed E-state index contributed by atoms with van der Waals surface area (Å²) < 4.78 is 49.8. The minimum absolute atomic E-state index is 0.135. The van der Waals surface area contributed by atoms with Crippen molar-refractivity contribution in [1.82, 2.24) is 4.90 Å². The summed E-state index contributed by atoms with van der Waals surface area (Å²) in [6.07, 6.45) is 0. The Morgan fingerprint density at radius 1 is 1.00 bits per heavy atom. The lowest BCUT2D eigenvalue weighted by Crippen LogP contribution is -2.26. The Bertz CT molecular complexity index is 763. The van der Waals surface area contributed by atoms with Crippen LogP contribution in [0.5, 0.6) is 0 Å². The van der Waals surface area contributed by atoms with Crippen LogP contribution in [0.4, 0.5) is 8.28 Å². The first-order valence-electron chi connectivity index (χ1n) is 7.39. The monoisotopic (exact) mass is 337 g/mol. The van der Waals surface area contributed by atoms with E-state index in [1.54, 1.807) is 0 Å². The van der Waals surface area contributed by atoms with Crippen LogP contribution in [0.25, 0.3) is 0 Å². The highest BCUT2D eigenvalue weighted by Gasteiger charge is 2.42. The Hall–Kier alpha value is -1.79. The lowest BCUT2D eigenvalue weighted by molar-refractivity contribution is 0.326. The molecule has 0 aliphatic carbocycles. The first-order valence-corrected chi connectivity index (χ1v) is 8.83. The maximum atomic E-state index is 13.7. The fourth-order valence-corrected chi connectivity index (χ4v) is 4.16. The van der Waals surface area contributed by atoms with Crippen molar-refractivity contribution >= 4 is 10.2 Å². The number of nitrogens with zero attached hydrogens (tertiary/aromatic N) is 1. The van der Waals surface area contributed by atoms with E-state index in [2.05, 4.69) is 0 Å². The van der Waals surface area contributed by atoms with E-state index >= 15 is 0 Å². The van der Waals surface area contributed by atoms with Crippen LogP contribution in [-0.4, -0.2) is 31.7 Å². The fraction of sp³-hybridized carbons (Fsp3) is 0.294. The van der Waals surface area contributed by atoms with E-state index < -0.39 is 27.2 Å². The SMILES string of the molecule is O=S(=O)(F)[C@H]1CN(Cc2ccccc2)C[C@@H]1c1ccc(F)cc1. The lowest BCUT2D eigenvalue weighted by atomic mass is 9.98. The minimum atomic E-state index is -4.67. The Morgan fingerprint density at radius 2 is 1.65 bits per heavy atom. The largest absolute Gasteiger partial charge is 0.307 e. The molecule has 122 valence electrons. The molecule has 23 heavy (non-hydrogen) atoms. The van der Waals surface area contributed by atoms with Gasteiger partial charge in [-0.15, -0.1) is 3.89 Å². The quantitative estimate of drug-likeness (QED) is 0.805. The predicted molar refractivity (Wildman–Crippen MR) is 84.7 cm³/mol.